The number of nitrogens with two attached hydrogens (primary N) is 1. The molecule has 1 fully saturated rings. The first-order chi connectivity index (χ1) is 12.5. The summed E-state index contributed by atoms with van der Waals surface area (Å²) < 4.78 is 5.94. The van der Waals surface area contributed by atoms with Crippen LogP contribution >= 0.6 is 0 Å². The zero-order valence-electron chi connectivity index (χ0n) is 14.5. The normalized spacial score (nSPS) is 14.6. The Morgan fingerprint density at radius 3 is 2.42 bits per heavy atom. The van der Waals surface area contributed by atoms with Gasteiger partial charge >= 0.3 is 0 Å². The monoisotopic (exact) mass is 353 g/mol. The molecule has 0 aromatic heterocycles. The van der Waals surface area contributed by atoms with Crippen LogP contribution in [0.2, 0.25) is 0 Å². The van der Waals surface area contributed by atoms with Crippen LogP contribution in [0.15, 0.2) is 54.1 Å². The van der Waals surface area contributed by atoms with Crippen LogP contribution < -0.4 is 5.73 Å². The van der Waals surface area contributed by atoms with Crippen molar-refractivity contribution in [2.45, 2.75) is 25.7 Å². The Bertz CT molecular complexity index is 810. The largest absolute Gasteiger partial charge is 0.504 e. The topological polar surface area (TPSA) is 92.8 Å². The van der Waals surface area contributed by atoms with E-state index in [4.69, 9.17) is 10.5 Å². The van der Waals surface area contributed by atoms with Gasteiger partial charge in [0, 0.05) is 5.56 Å². The third-order valence-electron chi connectivity index (χ3n) is 4.48. The molecule has 4 N–H and O–H groups in total. The average molecular weight is 353 g/mol. The molecular formula is C21H23NO4. The molecule has 1 aliphatic rings. The van der Waals surface area contributed by atoms with E-state index in [1.807, 2.05) is 30.3 Å². The molecule has 1 aliphatic carbocycles. The molecule has 5 nitrogen and oxygen atoms in total. The number of phenols is 2. The van der Waals surface area contributed by atoms with E-state index in [-0.39, 0.29) is 11.5 Å². The molecule has 1 amide bonds. The second-order valence-electron chi connectivity index (χ2n) is 6.62. The zero-order chi connectivity index (χ0) is 18.5. The Morgan fingerprint density at radius 2 is 1.81 bits per heavy atom. The highest BCUT2D eigenvalue weighted by Gasteiger charge is 2.24. The number of carbonyl (C=O) groups excluding carboxylic acids is 1. The number of aryl methyl sites for hydroxylation is 1. The summed E-state index contributed by atoms with van der Waals surface area (Å²) in [5.74, 6) is -0.143. The van der Waals surface area contributed by atoms with Crippen molar-refractivity contribution in [1.82, 2.24) is 0 Å². The third kappa shape index (κ3) is 4.57. The van der Waals surface area contributed by atoms with Gasteiger partial charge < -0.3 is 20.7 Å². The molecule has 2 aromatic rings. The molecule has 3 rings (SSSR count). The smallest absolute Gasteiger partial charge is 0.248 e. The molecule has 0 atom stereocenters. The summed E-state index contributed by atoms with van der Waals surface area (Å²) in [6, 6.07) is 14.2. The van der Waals surface area contributed by atoms with Crippen LogP contribution in [0.25, 0.3) is 5.76 Å². The van der Waals surface area contributed by atoms with Crippen molar-refractivity contribution in [1.29, 1.82) is 0 Å². The van der Waals surface area contributed by atoms with Crippen molar-refractivity contribution in [3.63, 3.8) is 0 Å². The van der Waals surface area contributed by atoms with E-state index in [1.54, 1.807) is 6.07 Å². The van der Waals surface area contributed by atoms with Crippen LogP contribution in [0, 0.1) is 5.92 Å². The molecule has 0 radical (unpaired) electrons. The Labute approximate surface area is 152 Å². The number of hydrogen-bond donors (Lipinski definition) is 3. The third-order valence-corrected chi connectivity index (χ3v) is 4.48. The van der Waals surface area contributed by atoms with E-state index in [1.165, 1.54) is 12.1 Å². The predicted octanol–water partition coefficient (Wildman–Crippen LogP) is 3.35. The second kappa shape index (κ2) is 7.95. The fraction of sp³-hybridized carbons (Fsp3) is 0.286. The van der Waals surface area contributed by atoms with Crippen molar-refractivity contribution in [3.8, 4) is 11.5 Å². The van der Waals surface area contributed by atoms with Crippen molar-refractivity contribution >= 4 is 11.7 Å². The maximum absolute atomic E-state index is 12.1. The Kier molecular flexibility index (Phi) is 5.46. The highest BCUT2D eigenvalue weighted by atomic mass is 16.5. The van der Waals surface area contributed by atoms with Gasteiger partial charge in [-0.25, -0.2) is 0 Å². The van der Waals surface area contributed by atoms with Gasteiger partial charge in [0.1, 0.15) is 5.76 Å². The number of carbonyl (C=O) groups is 1. The van der Waals surface area contributed by atoms with Crippen LogP contribution in [0.3, 0.4) is 0 Å². The van der Waals surface area contributed by atoms with Crippen LogP contribution in [-0.2, 0) is 16.0 Å². The van der Waals surface area contributed by atoms with E-state index in [0.717, 1.165) is 18.4 Å². The van der Waals surface area contributed by atoms with E-state index in [2.05, 4.69) is 0 Å². The number of aromatic hydroxyl groups is 2. The molecule has 2 aromatic carbocycles. The van der Waals surface area contributed by atoms with E-state index in [0.29, 0.717) is 42.3 Å². The number of benzene rings is 2. The molecule has 0 bridgehead atoms. The summed E-state index contributed by atoms with van der Waals surface area (Å²) in [7, 11) is 0. The van der Waals surface area contributed by atoms with E-state index >= 15 is 0 Å². The first-order valence-electron chi connectivity index (χ1n) is 8.76. The molecule has 0 saturated heterocycles. The minimum Gasteiger partial charge on any atom is -0.504 e. The lowest BCUT2D eigenvalue weighted by atomic mass is 10.00. The molecule has 136 valence electrons. The van der Waals surface area contributed by atoms with Gasteiger partial charge in [0.05, 0.1) is 12.2 Å². The van der Waals surface area contributed by atoms with Gasteiger partial charge in [-0.05, 0) is 55.4 Å². The Morgan fingerprint density at radius 1 is 1.08 bits per heavy atom. The van der Waals surface area contributed by atoms with E-state index in [9.17, 15) is 15.0 Å². The highest BCUT2D eigenvalue weighted by molar-refractivity contribution is 5.99. The standard InChI is InChI=1S/C21H23NO4/c22-21(25)17(10-8-14-4-2-1-3-5-14)20(26-13-15-6-7-15)16-9-11-18(23)19(24)12-16/h1-5,9,11-12,15,23-24H,6-8,10,13H2,(H2,22,25). The Hall–Kier alpha value is -2.95. The van der Waals surface area contributed by atoms with Crippen LogP contribution in [0.5, 0.6) is 11.5 Å². The highest BCUT2D eigenvalue weighted by Crippen LogP contribution is 2.34. The van der Waals surface area contributed by atoms with Crippen LogP contribution in [-0.4, -0.2) is 22.7 Å². The number of rotatable bonds is 8. The number of ether oxygens (including phenoxy) is 1. The lowest BCUT2D eigenvalue weighted by Gasteiger charge is -2.16. The average Bonchev–Trinajstić information content (AvgIpc) is 3.45. The van der Waals surface area contributed by atoms with Gasteiger partial charge in [0.25, 0.3) is 0 Å². The minimum atomic E-state index is -0.542. The minimum absolute atomic E-state index is 0.222. The van der Waals surface area contributed by atoms with Crippen molar-refractivity contribution in [2.75, 3.05) is 6.61 Å². The van der Waals surface area contributed by atoms with Crippen molar-refractivity contribution < 1.29 is 19.7 Å². The summed E-state index contributed by atoms with van der Waals surface area (Å²) in [4.78, 5) is 12.1. The number of amides is 1. The molecule has 0 aliphatic heterocycles. The Balaban J connectivity index is 1.92. The van der Waals surface area contributed by atoms with Gasteiger partial charge in [-0.3, -0.25) is 4.79 Å². The van der Waals surface area contributed by atoms with Gasteiger partial charge in [-0.2, -0.15) is 0 Å². The van der Waals surface area contributed by atoms with E-state index < -0.39 is 5.91 Å². The molecular weight excluding hydrogens is 330 g/mol. The van der Waals surface area contributed by atoms with Crippen molar-refractivity contribution in [3.05, 3.63) is 65.2 Å². The molecule has 5 heteroatoms. The van der Waals surface area contributed by atoms with Gasteiger partial charge in [0.15, 0.2) is 11.5 Å². The zero-order valence-corrected chi connectivity index (χ0v) is 14.5. The fourth-order valence-electron chi connectivity index (χ4n) is 2.76. The predicted molar refractivity (Wildman–Crippen MR) is 99.3 cm³/mol. The SMILES string of the molecule is NC(=O)C(CCc1ccccc1)=C(OCC1CC1)c1ccc(O)c(O)c1. The fourth-order valence-corrected chi connectivity index (χ4v) is 2.76. The summed E-state index contributed by atoms with van der Waals surface area (Å²) in [5, 5.41) is 19.4. The first kappa shape index (κ1) is 17.9. The lowest BCUT2D eigenvalue weighted by molar-refractivity contribution is -0.114. The molecule has 1 saturated carbocycles. The molecule has 0 unspecified atom stereocenters. The van der Waals surface area contributed by atoms with Crippen LogP contribution in [0.4, 0.5) is 0 Å². The summed E-state index contributed by atoms with van der Waals surface area (Å²) in [6.07, 6.45) is 3.31. The van der Waals surface area contributed by atoms with Gasteiger partial charge in [-0.15, -0.1) is 0 Å². The van der Waals surface area contributed by atoms with Crippen molar-refractivity contribution in [2.24, 2.45) is 11.7 Å². The second-order valence-corrected chi connectivity index (χ2v) is 6.62. The molecule has 26 heavy (non-hydrogen) atoms. The maximum atomic E-state index is 12.1. The maximum Gasteiger partial charge on any atom is 0.248 e. The summed E-state index contributed by atoms with van der Waals surface area (Å²) in [6.45, 7) is 0.513. The number of primary amides is 1. The lowest BCUT2D eigenvalue weighted by Crippen LogP contribution is -2.18. The molecule has 0 spiro atoms. The summed E-state index contributed by atoms with van der Waals surface area (Å²) in [5.41, 5.74) is 7.66. The molecule has 0 heterocycles. The first-order valence-corrected chi connectivity index (χ1v) is 8.76. The number of phenolic OH excluding ortho intramolecular Hbond substituents is 2. The summed E-state index contributed by atoms with van der Waals surface area (Å²) >= 11 is 0. The van der Waals surface area contributed by atoms with Gasteiger partial charge in [0.2, 0.25) is 5.91 Å². The number of hydrogen-bond acceptors (Lipinski definition) is 4. The van der Waals surface area contributed by atoms with Crippen LogP contribution in [0.1, 0.15) is 30.4 Å². The van der Waals surface area contributed by atoms with Gasteiger partial charge in [-0.1, -0.05) is 30.3 Å². The quantitative estimate of drug-likeness (QED) is 0.385.